The van der Waals surface area contributed by atoms with Crippen molar-refractivity contribution in [1.29, 1.82) is 0 Å². The van der Waals surface area contributed by atoms with E-state index in [1.807, 2.05) is 24.3 Å². The molecule has 0 fully saturated rings. The molecule has 5 nitrogen and oxygen atoms in total. The highest BCUT2D eigenvalue weighted by Gasteiger charge is 2.17. The van der Waals surface area contributed by atoms with Crippen molar-refractivity contribution in [2.75, 3.05) is 9.80 Å². The first-order valence-corrected chi connectivity index (χ1v) is 19.2. The van der Waals surface area contributed by atoms with Gasteiger partial charge in [0.1, 0.15) is 0 Å². The summed E-state index contributed by atoms with van der Waals surface area (Å²) < 4.78 is 0. The summed E-state index contributed by atoms with van der Waals surface area (Å²) in [5.74, 6) is -1.22. The number of carbonyl (C=O) groups is 1. The maximum Gasteiger partial charge on any atom is 0.333 e. The van der Waals surface area contributed by atoms with Crippen LogP contribution in [-0.4, -0.2) is 11.1 Å². The molecule has 1 N–H and O–H groups in total. The number of carboxylic acid groups (broad SMARTS) is 1. The summed E-state index contributed by atoms with van der Waals surface area (Å²) >= 11 is 1.44. The third-order valence-corrected chi connectivity index (χ3v) is 10.6. The van der Waals surface area contributed by atoms with Crippen LogP contribution in [0, 0.1) is 34.3 Å². The quantitative estimate of drug-likeness (QED) is 0.106. The summed E-state index contributed by atoms with van der Waals surface area (Å²) in [6, 6.07) is 53.5. The standard InChI is InChI=1S/C50H41N3O2S/c1-34-11-29-48(36(3)31-34)52(41-9-7-6-8-10-41)43-22-16-39(17-23-43)40-18-24-44(25-19-40)53(49-30-12-35(2)32-37(49)4)42-20-13-38(14-21-42)15-26-45-27-28-46(56-45)33-47(51-5)50(54)55/h6-33H,1-4H3,(H,54,55)/b26-15+,47-33-. The van der Waals surface area contributed by atoms with Crippen LogP contribution in [0.4, 0.5) is 34.1 Å². The van der Waals surface area contributed by atoms with E-state index in [4.69, 9.17) is 6.57 Å². The number of anilines is 6. The second kappa shape index (κ2) is 16.6. The van der Waals surface area contributed by atoms with E-state index in [-0.39, 0.29) is 5.70 Å². The van der Waals surface area contributed by atoms with E-state index in [0.717, 1.165) is 60.6 Å². The molecule has 7 rings (SSSR count). The van der Waals surface area contributed by atoms with E-state index in [2.05, 4.69) is 182 Å². The van der Waals surface area contributed by atoms with E-state index < -0.39 is 5.97 Å². The average Bonchev–Trinajstić information content (AvgIpc) is 3.66. The number of benzene rings is 6. The number of thiophene rings is 1. The van der Waals surface area contributed by atoms with Crippen molar-refractivity contribution in [2.24, 2.45) is 0 Å². The minimum Gasteiger partial charge on any atom is -0.486 e. The SMILES string of the molecule is [C-]#[N+]/C(=C\c1ccc(/C=C/c2ccc(N(c3ccc(-c4ccc(N(c5ccccc5)c5ccc(C)cc5C)cc4)cc3)c3ccc(C)cc3C)cc2)s1)C(=O)O. The predicted molar refractivity (Wildman–Crippen MR) is 236 cm³/mol. The summed E-state index contributed by atoms with van der Waals surface area (Å²) in [7, 11) is 0. The van der Waals surface area contributed by atoms with Gasteiger partial charge in [-0.3, -0.25) is 4.79 Å². The van der Waals surface area contributed by atoms with Crippen molar-refractivity contribution in [3.05, 3.63) is 206 Å². The Morgan fingerprint density at radius 1 is 0.571 bits per heavy atom. The van der Waals surface area contributed by atoms with Crippen molar-refractivity contribution in [3.63, 3.8) is 0 Å². The third kappa shape index (κ3) is 8.39. The smallest absolute Gasteiger partial charge is 0.333 e. The van der Waals surface area contributed by atoms with Crippen LogP contribution in [0.5, 0.6) is 0 Å². The fourth-order valence-electron chi connectivity index (χ4n) is 6.87. The van der Waals surface area contributed by atoms with E-state index >= 15 is 0 Å². The fourth-order valence-corrected chi connectivity index (χ4v) is 7.73. The molecule has 0 unspecified atom stereocenters. The van der Waals surface area contributed by atoms with E-state index in [9.17, 15) is 9.90 Å². The number of hydrogen-bond donors (Lipinski definition) is 1. The Hall–Kier alpha value is -6.94. The number of nitrogens with zero attached hydrogens (tertiary/aromatic N) is 3. The van der Waals surface area contributed by atoms with Gasteiger partial charge in [0.15, 0.2) is 0 Å². The maximum atomic E-state index is 11.2. The first kappa shape index (κ1) is 37.4. The number of aryl methyl sites for hydroxylation is 4. The van der Waals surface area contributed by atoms with Crippen LogP contribution in [0.3, 0.4) is 0 Å². The third-order valence-electron chi connectivity index (χ3n) is 9.64. The number of rotatable bonds is 11. The Labute approximate surface area is 333 Å². The lowest BCUT2D eigenvalue weighted by atomic mass is 10.0. The molecule has 274 valence electrons. The molecule has 7 aromatic rings. The monoisotopic (exact) mass is 747 g/mol. The molecular formula is C50H41N3O2S. The zero-order valence-electron chi connectivity index (χ0n) is 31.8. The van der Waals surface area contributed by atoms with Crippen molar-refractivity contribution >= 4 is 69.7 Å². The van der Waals surface area contributed by atoms with Gasteiger partial charge >= 0.3 is 5.97 Å². The number of carboxylic acids is 1. The predicted octanol–water partition coefficient (Wildman–Crippen LogP) is 14.1. The molecule has 6 aromatic carbocycles. The van der Waals surface area contributed by atoms with Gasteiger partial charge in [-0.05, 0) is 140 Å². The molecule has 0 aliphatic rings. The van der Waals surface area contributed by atoms with Crippen LogP contribution in [0.25, 0.3) is 34.2 Å². The Balaban J connectivity index is 1.15. The Morgan fingerprint density at radius 2 is 1.04 bits per heavy atom. The van der Waals surface area contributed by atoms with Crippen molar-refractivity contribution in [2.45, 2.75) is 27.7 Å². The lowest BCUT2D eigenvalue weighted by molar-refractivity contribution is -0.132. The van der Waals surface area contributed by atoms with Gasteiger partial charge < -0.3 is 14.9 Å². The molecule has 1 aromatic heterocycles. The molecule has 0 atom stereocenters. The van der Waals surface area contributed by atoms with Gasteiger partial charge in [-0.25, -0.2) is 4.85 Å². The van der Waals surface area contributed by atoms with Crippen molar-refractivity contribution < 1.29 is 9.90 Å². The lowest BCUT2D eigenvalue weighted by Gasteiger charge is -2.28. The summed E-state index contributed by atoms with van der Waals surface area (Å²) in [6.45, 7) is 15.7. The van der Waals surface area contributed by atoms with E-state index in [1.165, 1.54) is 39.7 Å². The van der Waals surface area contributed by atoms with Crippen LogP contribution in [-0.2, 0) is 4.79 Å². The van der Waals surface area contributed by atoms with Crippen LogP contribution < -0.4 is 9.80 Å². The molecule has 0 saturated heterocycles. The summed E-state index contributed by atoms with van der Waals surface area (Å²) in [4.78, 5) is 20.7. The fraction of sp³-hybridized carbons (Fsp3) is 0.0800. The summed E-state index contributed by atoms with van der Waals surface area (Å²) in [5.41, 5.74) is 14.5. The van der Waals surface area contributed by atoms with Crippen LogP contribution in [0.15, 0.2) is 157 Å². The minimum absolute atomic E-state index is 0.296. The molecule has 56 heavy (non-hydrogen) atoms. The topological polar surface area (TPSA) is 48.1 Å². The second-order valence-corrected chi connectivity index (χ2v) is 14.9. The molecule has 0 aliphatic carbocycles. The van der Waals surface area contributed by atoms with Crippen molar-refractivity contribution in [1.82, 2.24) is 0 Å². The first-order valence-electron chi connectivity index (χ1n) is 18.4. The molecule has 0 aliphatic heterocycles. The average molecular weight is 748 g/mol. The highest BCUT2D eigenvalue weighted by Crippen LogP contribution is 2.40. The molecule has 1 heterocycles. The Kier molecular flexibility index (Phi) is 11.1. The van der Waals surface area contributed by atoms with Gasteiger partial charge in [-0.15, -0.1) is 11.3 Å². The van der Waals surface area contributed by atoms with Gasteiger partial charge in [-0.1, -0.05) is 96.1 Å². The minimum atomic E-state index is -1.22. The number of aliphatic carboxylic acids is 1. The molecule has 0 radical (unpaired) electrons. The van der Waals surface area contributed by atoms with Crippen LogP contribution >= 0.6 is 11.3 Å². The molecule has 6 heteroatoms. The maximum absolute atomic E-state index is 11.2. The summed E-state index contributed by atoms with van der Waals surface area (Å²) in [6.07, 6.45) is 5.45. The van der Waals surface area contributed by atoms with E-state index in [0.29, 0.717) is 0 Å². The van der Waals surface area contributed by atoms with Crippen LogP contribution in [0.1, 0.15) is 37.6 Å². The second-order valence-electron chi connectivity index (χ2n) is 13.8. The zero-order valence-corrected chi connectivity index (χ0v) is 32.6. The molecular weight excluding hydrogens is 707 g/mol. The molecule has 0 spiro atoms. The zero-order chi connectivity index (χ0) is 39.2. The molecule has 0 bridgehead atoms. The molecule has 0 saturated carbocycles. The van der Waals surface area contributed by atoms with Gasteiger partial charge in [-0.2, -0.15) is 0 Å². The van der Waals surface area contributed by atoms with Gasteiger partial charge in [0, 0.05) is 43.9 Å². The van der Waals surface area contributed by atoms with E-state index in [1.54, 1.807) is 0 Å². The largest absolute Gasteiger partial charge is 0.486 e. The molecule has 0 amide bonds. The highest BCUT2D eigenvalue weighted by molar-refractivity contribution is 7.13. The van der Waals surface area contributed by atoms with Gasteiger partial charge in [0.05, 0.1) is 6.57 Å². The normalized spacial score (nSPS) is 11.4. The number of hydrogen-bond acceptors (Lipinski definition) is 4. The van der Waals surface area contributed by atoms with Crippen LogP contribution in [0.2, 0.25) is 0 Å². The number of para-hydroxylation sites is 1. The Bertz CT molecular complexity index is 2600. The highest BCUT2D eigenvalue weighted by atomic mass is 32.1. The van der Waals surface area contributed by atoms with Gasteiger partial charge in [0.25, 0.3) is 5.70 Å². The first-order chi connectivity index (χ1) is 27.2. The lowest BCUT2D eigenvalue weighted by Crippen LogP contribution is -2.11. The Morgan fingerprint density at radius 3 is 1.50 bits per heavy atom. The van der Waals surface area contributed by atoms with Crippen molar-refractivity contribution in [3.8, 4) is 11.1 Å². The summed E-state index contributed by atoms with van der Waals surface area (Å²) in [5, 5.41) is 9.19. The van der Waals surface area contributed by atoms with Gasteiger partial charge in [0.2, 0.25) is 0 Å².